The van der Waals surface area contributed by atoms with Crippen LogP contribution in [0.2, 0.25) is 0 Å². The van der Waals surface area contributed by atoms with Crippen molar-refractivity contribution in [2.24, 2.45) is 0 Å². The zero-order valence-electron chi connectivity index (χ0n) is 13.8. The van der Waals surface area contributed by atoms with Crippen molar-refractivity contribution in [1.29, 1.82) is 5.26 Å². The summed E-state index contributed by atoms with van der Waals surface area (Å²) in [4.78, 5) is 12.0. The van der Waals surface area contributed by atoms with Gasteiger partial charge in [0.15, 0.2) is 0 Å². The first-order chi connectivity index (χ1) is 12.1. The molecule has 2 rings (SSSR count). The Balaban J connectivity index is 1.88. The molecule has 0 bridgehead atoms. The van der Waals surface area contributed by atoms with Crippen LogP contribution in [0.25, 0.3) is 0 Å². The molecule has 0 radical (unpaired) electrons. The SMILES string of the molecule is COc1ccc(CCNC(=O)/C(C#N)=C\Nc2ccccc2F)cc1. The van der Waals surface area contributed by atoms with E-state index in [9.17, 15) is 9.18 Å². The second kappa shape index (κ2) is 9.08. The summed E-state index contributed by atoms with van der Waals surface area (Å²) in [7, 11) is 1.60. The third-order valence-electron chi connectivity index (χ3n) is 3.47. The molecule has 25 heavy (non-hydrogen) atoms. The fraction of sp³-hybridized carbons (Fsp3) is 0.158. The number of methoxy groups -OCH3 is 1. The summed E-state index contributed by atoms with van der Waals surface area (Å²) in [6.45, 7) is 0.379. The Kier molecular flexibility index (Phi) is 6.55. The standard InChI is InChI=1S/C19H18FN3O2/c1-25-16-8-6-14(7-9-16)10-11-22-19(24)15(12-21)13-23-18-5-3-2-4-17(18)20/h2-9,13,23H,10-11H2,1H3,(H,22,24)/b15-13-. The van der Waals surface area contributed by atoms with E-state index in [0.717, 1.165) is 11.3 Å². The molecule has 1 amide bonds. The third-order valence-corrected chi connectivity index (χ3v) is 3.47. The predicted molar refractivity (Wildman–Crippen MR) is 93.4 cm³/mol. The second-order valence-corrected chi connectivity index (χ2v) is 5.15. The average molecular weight is 339 g/mol. The summed E-state index contributed by atoms with van der Waals surface area (Å²) in [5, 5.41) is 14.4. The molecule has 0 unspecified atom stereocenters. The van der Waals surface area contributed by atoms with Gasteiger partial charge in [0.2, 0.25) is 0 Å². The molecule has 6 heteroatoms. The van der Waals surface area contributed by atoms with Gasteiger partial charge < -0.3 is 15.4 Å². The van der Waals surface area contributed by atoms with Crippen LogP contribution in [-0.2, 0) is 11.2 Å². The normalized spacial score (nSPS) is 10.7. The topological polar surface area (TPSA) is 74.1 Å². The molecule has 0 aromatic heterocycles. The number of hydrogen-bond donors (Lipinski definition) is 2. The number of halogens is 1. The molecule has 0 saturated heterocycles. The maximum absolute atomic E-state index is 13.5. The summed E-state index contributed by atoms with van der Waals surface area (Å²) in [6, 6.07) is 15.3. The minimum atomic E-state index is -0.514. The van der Waals surface area contributed by atoms with Gasteiger partial charge in [-0.1, -0.05) is 24.3 Å². The van der Waals surface area contributed by atoms with Crippen LogP contribution >= 0.6 is 0 Å². The van der Waals surface area contributed by atoms with Crippen molar-refractivity contribution in [3.8, 4) is 11.8 Å². The first-order valence-corrected chi connectivity index (χ1v) is 7.66. The molecule has 0 atom stereocenters. The number of nitrogens with one attached hydrogen (secondary N) is 2. The summed E-state index contributed by atoms with van der Waals surface area (Å²) >= 11 is 0. The highest BCUT2D eigenvalue weighted by molar-refractivity contribution is 5.97. The molecule has 2 aromatic carbocycles. The Hall–Kier alpha value is -3.33. The van der Waals surface area contributed by atoms with Crippen molar-refractivity contribution >= 4 is 11.6 Å². The van der Waals surface area contributed by atoms with Gasteiger partial charge in [-0.25, -0.2) is 4.39 Å². The molecule has 0 spiro atoms. The van der Waals surface area contributed by atoms with Crippen LogP contribution in [0.5, 0.6) is 5.75 Å². The zero-order chi connectivity index (χ0) is 18.1. The van der Waals surface area contributed by atoms with E-state index >= 15 is 0 Å². The lowest BCUT2D eigenvalue weighted by atomic mass is 10.1. The lowest BCUT2D eigenvalue weighted by Crippen LogP contribution is -2.27. The van der Waals surface area contributed by atoms with Crippen LogP contribution in [0.1, 0.15) is 5.56 Å². The molecule has 5 nitrogen and oxygen atoms in total. The van der Waals surface area contributed by atoms with E-state index < -0.39 is 11.7 Å². The van der Waals surface area contributed by atoms with Gasteiger partial charge in [-0.15, -0.1) is 0 Å². The number of carbonyl (C=O) groups is 1. The smallest absolute Gasteiger partial charge is 0.263 e. The molecule has 0 aliphatic heterocycles. The minimum Gasteiger partial charge on any atom is -0.497 e. The number of amides is 1. The zero-order valence-corrected chi connectivity index (χ0v) is 13.8. The first kappa shape index (κ1) is 18.0. The van der Waals surface area contributed by atoms with Crippen LogP contribution in [0.15, 0.2) is 60.3 Å². The van der Waals surface area contributed by atoms with Crippen molar-refractivity contribution < 1.29 is 13.9 Å². The van der Waals surface area contributed by atoms with E-state index in [-0.39, 0.29) is 11.3 Å². The summed E-state index contributed by atoms with van der Waals surface area (Å²) in [5.74, 6) is -0.211. The highest BCUT2D eigenvalue weighted by atomic mass is 19.1. The lowest BCUT2D eigenvalue weighted by Gasteiger charge is -2.06. The number of hydrogen-bond acceptors (Lipinski definition) is 4. The maximum atomic E-state index is 13.5. The molecule has 0 saturated carbocycles. The predicted octanol–water partition coefficient (Wildman–Crippen LogP) is 3.01. The van der Waals surface area contributed by atoms with E-state index in [2.05, 4.69) is 10.6 Å². The minimum absolute atomic E-state index is 0.127. The monoisotopic (exact) mass is 339 g/mol. The van der Waals surface area contributed by atoms with E-state index in [0.29, 0.717) is 13.0 Å². The Morgan fingerprint density at radius 3 is 2.60 bits per heavy atom. The van der Waals surface area contributed by atoms with Gasteiger partial charge in [-0.05, 0) is 36.2 Å². The van der Waals surface area contributed by atoms with Gasteiger partial charge in [-0.2, -0.15) is 5.26 Å². The van der Waals surface area contributed by atoms with Crippen LogP contribution < -0.4 is 15.4 Å². The quantitative estimate of drug-likeness (QED) is 0.601. The van der Waals surface area contributed by atoms with Crippen molar-refractivity contribution in [2.75, 3.05) is 19.0 Å². The molecule has 128 valence electrons. The Morgan fingerprint density at radius 1 is 1.24 bits per heavy atom. The first-order valence-electron chi connectivity index (χ1n) is 7.66. The molecule has 0 aliphatic rings. The van der Waals surface area contributed by atoms with Gasteiger partial charge in [0.25, 0.3) is 5.91 Å². The number of nitriles is 1. The van der Waals surface area contributed by atoms with Crippen molar-refractivity contribution in [1.82, 2.24) is 5.32 Å². The van der Waals surface area contributed by atoms with Crippen LogP contribution in [0.4, 0.5) is 10.1 Å². The second-order valence-electron chi connectivity index (χ2n) is 5.15. The summed E-state index contributed by atoms with van der Waals surface area (Å²) in [5.41, 5.74) is 1.10. The van der Waals surface area contributed by atoms with Crippen LogP contribution in [0.3, 0.4) is 0 Å². The van der Waals surface area contributed by atoms with Gasteiger partial charge in [0.1, 0.15) is 23.2 Å². The van der Waals surface area contributed by atoms with E-state index in [1.54, 1.807) is 25.3 Å². The van der Waals surface area contributed by atoms with E-state index in [1.165, 1.54) is 18.3 Å². The number of carbonyl (C=O) groups excluding carboxylic acids is 1. The Morgan fingerprint density at radius 2 is 1.96 bits per heavy atom. The summed E-state index contributed by atoms with van der Waals surface area (Å²) in [6.07, 6.45) is 1.82. The fourth-order valence-electron chi connectivity index (χ4n) is 2.08. The van der Waals surface area contributed by atoms with Crippen molar-refractivity contribution in [3.05, 3.63) is 71.7 Å². The molecular formula is C19H18FN3O2. The van der Waals surface area contributed by atoms with Gasteiger partial charge >= 0.3 is 0 Å². The van der Waals surface area contributed by atoms with Gasteiger partial charge in [-0.3, -0.25) is 4.79 Å². The van der Waals surface area contributed by atoms with Gasteiger partial charge in [0.05, 0.1) is 12.8 Å². The Labute approximate surface area is 145 Å². The average Bonchev–Trinajstić information content (AvgIpc) is 2.64. The number of nitrogens with zero attached hydrogens (tertiary/aromatic N) is 1. The van der Waals surface area contributed by atoms with E-state index in [1.807, 2.05) is 24.3 Å². The highest BCUT2D eigenvalue weighted by Gasteiger charge is 2.08. The molecule has 0 heterocycles. The molecule has 0 aliphatic carbocycles. The molecule has 2 N–H and O–H groups in total. The fourth-order valence-corrected chi connectivity index (χ4v) is 2.08. The van der Waals surface area contributed by atoms with Gasteiger partial charge in [0, 0.05) is 12.7 Å². The Bertz CT molecular complexity index is 795. The number of benzene rings is 2. The maximum Gasteiger partial charge on any atom is 0.263 e. The molecule has 0 fully saturated rings. The number of rotatable bonds is 7. The van der Waals surface area contributed by atoms with Crippen molar-refractivity contribution in [3.63, 3.8) is 0 Å². The van der Waals surface area contributed by atoms with E-state index in [4.69, 9.17) is 10.00 Å². The largest absolute Gasteiger partial charge is 0.497 e. The molecular weight excluding hydrogens is 321 g/mol. The molecule has 2 aromatic rings. The lowest BCUT2D eigenvalue weighted by molar-refractivity contribution is -0.117. The number of para-hydroxylation sites is 1. The van der Waals surface area contributed by atoms with Crippen LogP contribution in [0, 0.1) is 17.1 Å². The number of anilines is 1. The van der Waals surface area contributed by atoms with Crippen LogP contribution in [-0.4, -0.2) is 19.6 Å². The number of ether oxygens (including phenoxy) is 1. The summed E-state index contributed by atoms with van der Waals surface area (Å²) < 4.78 is 18.6. The highest BCUT2D eigenvalue weighted by Crippen LogP contribution is 2.13. The van der Waals surface area contributed by atoms with Crippen molar-refractivity contribution in [2.45, 2.75) is 6.42 Å². The third kappa shape index (κ3) is 5.36.